The number of hydrogen-bond acceptors (Lipinski definition) is 5. The minimum Gasteiger partial charge on any atom is -0.463 e. The van der Waals surface area contributed by atoms with Crippen LogP contribution in [0.15, 0.2) is 65.2 Å². The van der Waals surface area contributed by atoms with Crippen LogP contribution in [0.3, 0.4) is 0 Å². The first-order valence-corrected chi connectivity index (χ1v) is 10.7. The van der Waals surface area contributed by atoms with Gasteiger partial charge in [-0.05, 0) is 19.4 Å². The molecule has 4 rings (SSSR count). The predicted octanol–water partition coefficient (Wildman–Crippen LogP) is 4.35. The molecule has 0 bridgehead atoms. The van der Waals surface area contributed by atoms with Gasteiger partial charge in [0.05, 0.1) is 23.9 Å². The average molecular weight is 407 g/mol. The van der Waals surface area contributed by atoms with E-state index in [1.165, 1.54) is 0 Å². The maximum absolute atomic E-state index is 13.1. The summed E-state index contributed by atoms with van der Waals surface area (Å²) in [5.74, 6) is 0.219. The number of hydrogen-bond donors (Lipinski definition) is 0. The van der Waals surface area contributed by atoms with E-state index in [1.54, 1.807) is 23.6 Å². The molecule has 5 nitrogen and oxygen atoms in total. The molecule has 0 radical (unpaired) electrons. The quantitative estimate of drug-likeness (QED) is 0.709. The number of rotatable bonds is 4. The van der Waals surface area contributed by atoms with Crippen LogP contribution in [0.4, 0.5) is 0 Å². The molecule has 0 saturated carbocycles. The van der Waals surface area contributed by atoms with Gasteiger partial charge < -0.3 is 4.74 Å². The fourth-order valence-corrected chi connectivity index (χ4v) is 4.54. The Labute approximate surface area is 174 Å². The highest BCUT2D eigenvalue weighted by Gasteiger charge is 2.42. The molecule has 1 amide bonds. The first-order chi connectivity index (χ1) is 14.1. The van der Waals surface area contributed by atoms with E-state index >= 15 is 0 Å². The van der Waals surface area contributed by atoms with E-state index in [-0.39, 0.29) is 12.5 Å². The van der Waals surface area contributed by atoms with Crippen molar-refractivity contribution < 1.29 is 14.3 Å². The molecule has 29 heavy (non-hydrogen) atoms. The lowest BCUT2D eigenvalue weighted by Crippen LogP contribution is -2.45. The van der Waals surface area contributed by atoms with Crippen molar-refractivity contribution in [2.75, 3.05) is 12.4 Å². The standard InChI is InChI=1S/C23H22N2O3S/c1-3-28-22(27)19-20(16-7-5-4-6-8-16)24-23-25(18(26)13-14-29-23)21(19)17-11-9-15(2)10-12-17/h4-12,21H,3,13-14H2,1-2H3. The van der Waals surface area contributed by atoms with Crippen LogP contribution >= 0.6 is 11.8 Å². The largest absolute Gasteiger partial charge is 0.463 e. The van der Waals surface area contributed by atoms with Crippen LogP contribution in [0.5, 0.6) is 0 Å². The fourth-order valence-electron chi connectivity index (χ4n) is 3.58. The van der Waals surface area contributed by atoms with Crippen molar-refractivity contribution in [2.45, 2.75) is 26.3 Å². The highest BCUT2D eigenvalue weighted by molar-refractivity contribution is 8.14. The zero-order valence-corrected chi connectivity index (χ0v) is 17.2. The molecule has 0 aliphatic carbocycles. The van der Waals surface area contributed by atoms with Gasteiger partial charge in [-0.2, -0.15) is 0 Å². The summed E-state index contributed by atoms with van der Waals surface area (Å²) in [5.41, 5.74) is 3.79. The van der Waals surface area contributed by atoms with Crippen LogP contribution < -0.4 is 0 Å². The molecular formula is C23H22N2O3S. The van der Waals surface area contributed by atoms with Gasteiger partial charge in [0.2, 0.25) is 5.91 Å². The van der Waals surface area contributed by atoms with Crippen LogP contribution in [0, 0.1) is 6.92 Å². The number of benzene rings is 2. The van der Waals surface area contributed by atoms with E-state index in [0.29, 0.717) is 28.6 Å². The monoisotopic (exact) mass is 406 g/mol. The molecule has 2 aromatic carbocycles. The number of aryl methyl sites for hydroxylation is 1. The lowest BCUT2D eigenvalue weighted by molar-refractivity contribution is -0.139. The lowest BCUT2D eigenvalue weighted by Gasteiger charge is -2.39. The van der Waals surface area contributed by atoms with Crippen molar-refractivity contribution >= 4 is 34.5 Å². The first kappa shape index (κ1) is 19.5. The molecule has 1 atom stereocenters. The fraction of sp³-hybridized carbons (Fsp3) is 0.261. The summed E-state index contributed by atoms with van der Waals surface area (Å²) in [5, 5.41) is 0.638. The molecule has 2 aliphatic heterocycles. The van der Waals surface area contributed by atoms with Gasteiger partial charge in [-0.15, -0.1) is 0 Å². The van der Waals surface area contributed by atoms with Crippen LogP contribution in [0.1, 0.15) is 36.1 Å². The topological polar surface area (TPSA) is 59.0 Å². The van der Waals surface area contributed by atoms with Crippen molar-refractivity contribution in [2.24, 2.45) is 4.99 Å². The smallest absolute Gasteiger partial charge is 0.338 e. The zero-order valence-electron chi connectivity index (χ0n) is 16.4. The van der Waals surface area contributed by atoms with E-state index in [1.807, 2.05) is 61.5 Å². The molecule has 0 N–H and O–H groups in total. The van der Waals surface area contributed by atoms with Crippen LogP contribution in [-0.2, 0) is 14.3 Å². The number of thioether (sulfide) groups is 1. The van der Waals surface area contributed by atoms with Crippen molar-refractivity contribution in [1.29, 1.82) is 0 Å². The van der Waals surface area contributed by atoms with Crippen molar-refractivity contribution in [3.8, 4) is 0 Å². The van der Waals surface area contributed by atoms with E-state index in [4.69, 9.17) is 9.73 Å². The van der Waals surface area contributed by atoms with Crippen LogP contribution in [0.25, 0.3) is 5.70 Å². The molecule has 0 aromatic heterocycles. The normalized spacial score (nSPS) is 19.0. The number of amidine groups is 1. The third-order valence-electron chi connectivity index (χ3n) is 4.95. The highest BCUT2D eigenvalue weighted by atomic mass is 32.2. The second-order valence-corrected chi connectivity index (χ2v) is 7.98. The number of aliphatic imine (C=N–C) groups is 1. The number of carbonyl (C=O) groups excluding carboxylic acids is 2. The number of carbonyl (C=O) groups is 2. The Balaban J connectivity index is 1.97. The van der Waals surface area contributed by atoms with Gasteiger partial charge in [0, 0.05) is 17.7 Å². The van der Waals surface area contributed by atoms with E-state index in [2.05, 4.69) is 0 Å². The summed E-state index contributed by atoms with van der Waals surface area (Å²) in [7, 11) is 0. The number of fused-ring (bicyclic) bond motifs is 1. The van der Waals surface area contributed by atoms with Crippen molar-refractivity contribution in [3.63, 3.8) is 0 Å². The first-order valence-electron chi connectivity index (χ1n) is 9.67. The van der Waals surface area contributed by atoms with Crippen molar-refractivity contribution in [3.05, 3.63) is 76.9 Å². The minimum absolute atomic E-state index is 0.0259. The van der Waals surface area contributed by atoms with Crippen LogP contribution in [-0.4, -0.2) is 34.3 Å². The van der Waals surface area contributed by atoms with Gasteiger partial charge in [-0.1, -0.05) is 71.9 Å². The second kappa shape index (κ2) is 8.25. The number of amides is 1. The Bertz CT molecular complexity index is 997. The Morgan fingerprint density at radius 3 is 2.59 bits per heavy atom. The van der Waals surface area contributed by atoms with Gasteiger partial charge in [0.25, 0.3) is 0 Å². The van der Waals surface area contributed by atoms with Crippen molar-refractivity contribution in [1.82, 2.24) is 4.90 Å². The Morgan fingerprint density at radius 2 is 1.90 bits per heavy atom. The molecule has 1 fully saturated rings. The van der Waals surface area contributed by atoms with Crippen LogP contribution in [0.2, 0.25) is 0 Å². The SMILES string of the molecule is CCOC(=O)C1=C(c2ccccc2)N=C2SCCC(=O)N2C1c1ccc(C)cc1. The third-order valence-corrected chi connectivity index (χ3v) is 5.91. The number of nitrogens with zero attached hydrogens (tertiary/aromatic N) is 2. The summed E-state index contributed by atoms with van der Waals surface area (Å²) in [6, 6.07) is 17.0. The molecule has 1 unspecified atom stereocenters. The maximum atomic E-state index is 13.1. The molecule has 2 aromatic rings. The summed E-state index contributed by atoms with van der Waals surface area (Å²) in [4.78, 5) is 32.5. The number of esters is 1. The average Bonchev–Trinajstić information content (AvgIpc) is 2.74. The molecule has 0 spiro atoms. The molecule has 148 valence electrons. The predicted molar refractivity (Wildman–Crippen MR) is 115 cm³/mol. The zero-order chi connectivity index (χ0) is 20.4. The van der Waals surface area contributed by atoms with Gasteiger partial charge in [0.1, 0.15) is 0 Å². The van der Waals surface area contributed by atoms with E-state index in [0.717, 1.165) is 16.7 Å². The summed E-state index contributed by atoms with van der Waals surface area (Å²) in [6.45, 7) is 4.04. The Morgan fingerprint density at radius 1 is 1.17 bits per heavy atom. The van der Waals surface area contributed by atoms with Gasteiger partial charge in [-0.3, -0.25) is 9.69 Å². The van der Waals surface area contributed by atoms with E-state index < -0.39 is 12.0 Å². The summed E-state index contributed by atoms with van der Waals surface area (Å²) >= 11 is 1.55. The van der Waals surface area contributed by atoms with E-state index in [9.17, 15) is 9.59 Å². The summed E-state index contributed by atoms with van der Waals surface area (Å²) < 4.78 is 5.41. The lowest BCUT2D eigenvalue weighted by atomic mass is 9.91. The third kappa shape index (κ3) is 3.72. The highest BCUT2D eigenvalue weighted by Crippen LogP contribution is 2.43. The molecule has 2 aliphatic rings. The molecule has 2 heterocycles. The molecule has 6 heteroatoms. The Kier molecular flexibility index (Phi) is 5.53. The van der Waals surface area contributed by atoms with Gasteiger partial charge in [0.15, 0.2) is 5.17 Å². The summed E-state index contributed by atoms with van der Waals surface area (Å²) in [6.07, 6.45) is 0.419. The molecular weight excluding hydrogens is 384 g/mol. The van der Waals surface area contributed by atoms with Gasteiger partial charge in [-0.25, -0.2) is 9.79 Å². The molecule has 1 saturated heterocycles. The minimum atomic E-state index is -0.558. The maximum Gasteiger partial charge on any atom is 0.338 e. The Hall–Kier alpha value is -2.86. The second-order valence-electron chi connectivity index (χ2n) is 6.92. The number of ether oxygens (including phenoxy) is 1. The van der Waals surface area contributed by atoms with Gasteiger partial charge >= 0.3 is 5.97 Å².